The van der Waals surface area contributed by atoms with E-state index in [1.54, 1.807) is 6.92 Å². The number of carbonyl (C=O) groups is 1. The quantitative estimate of drug-likeness (QED) is 0.852. The topological polar surface area (TPSA) is 68.5 Å². The Hall–Kier alpha value is -1.59. The number of amides is 1. The van der Waals surface area contributed by atoms with E-state index in [1.807, 2.05) is 25.7 Å². The van der Waals surface area contributed by atoms with Crippen molar-refractivity contribution >= 4 is 6.09 Å². The minimum Gasteiger partial charge on any atom is -0.444 e. The Morgan fingerprint density at radius 1 is 1.50 bits per heavy atom. The molecule has 20 heavy (non-hydrogen) atoms. The molecule has 0 bridgehead atoms. The van der Waals surface area contributed by atoms with Crippen LogP contribution in [0, 0.1) is 6.92 Å². The van der Waals surface area contributed by atoms with Crippen LogP contribution in [0.5, 0.6) is 0 Å². The number of aryl methyl sites for hydroxylation is 2. The minimum absolute atomic E-state index is 0.212. The lowest BCUT2D eigenvalue weighted by atomic mass is 10.1. The van der Waals surface area contributed by atoms with Gasteiger partial charge in [-0.2, -0.15) is 4.98 Å². The summed E-state index contributed by atoms with van der Waals surface area (Å²) in [7, 11) is 0. The van der Waals surface area contributed by atoms with E-state index in [4.69, 9.17) is 9.26 Å². The summed E-state index contributed by atoms with van der Waals surface area (Å²) in [6.45, 7) is 8.21. The summed E-state index contributed by atoms with van der Waals surface area (Å²) in [5.41, 5.74) is -0.449. The lowest BCUT2D eigenvalue weighted by molar-refractivity contribution is 0.0220. The first-order valence-electron chi connectivity index (χ1n) is 7.14. The van der Waals surface area contributed by atoms with Crippen LogP contribution in [0.4, 0.5) is 4.79 Å². The predicted molar refractivity (Wildman–Crippen MR) is 73.3 cm³/mol. The number of ether oxygens (including phenoxy) is 1. The maximum Gasteiger partial charge on any atom is 0.410 e. The van der Waals surface area contributed by atoms with E-state index in [-0.39, 0.29) is 12.1 Å². The van der Waals surface area contributed by atoms with E-state index < -0.39 is 5.60 Å². The minimum atomic E-state index is -0.449. The molecule has 0 N–H and O–H groups in total. The molecule has 0 radical (unpaired) electrons. The van der Waals surface area contributed by atoms with Gasteiger partial charge in [0.25, 0.3) is 0 Å². The lowest BCUT2D eigenvalue weighted by Gasteiger charge is -2.28. The van der Waals surface area contributed by atoms with E-state index in [0.29, 0.717) is 11.7 Å². The molecule has 2 heterocycles. The zero-order valence-electron chi connectivity index (χ0n) is 12.7. The molecular weight excluding hydrogens is 258 g/mol. The van der Waals surface area contributed by atoms with E-state index in [9.17, 15) is 4.79 Å². The molecule has 1 aliphatic rings. The summed E-state index contributed by atoms with van der Waals surface area (Å²) in [6, 6.07) is 0.212. The van der Waals surface area contributed by atoms with Crippen molar-refractivity contribution in [2.45, 2.75) is 65.0 Å². The molecular formula is C14H23N3O3. The molecule has 2 rings (SSSR count). The highest BCUT2D eigenvalue weighted by Crippen LogP contribution is 2.23. The van der Waals surface area contributed by atoms with Crippen molar-refractivity contribution in [2.75, 3.05) is 6.54 Å². The number of nitrogens with zero attached hydrogens (tertiary/aromatic N) is 3. The average Bonchev–Trinajstić information content (AvgIpc) is 2.92. The number of carbonyl (C=O) groups excluding carboxylic acids is 1. The molecule has 1 aromatic heterocycles. The molecule has 0 unspecified atom stereocenters. The molecule has 0 aliphatic carbocycles. The number of rotatable bonds is 3. The molecule has 1 aliphatic heterocycles. The highest BCUT2D eigenvalue weighted by Gasteiger charge is 2.32. The van der Waals surface area contributed by atoms with Gasteiger partial charge in [0.05, 0.1) is 0 Å². The first-order valence-corrected chi connectivity index (χ1v) is 7.14. The zero-order valence-corrected chi connectivity index (χ0v) is 12.7. The molecule has 1 amide bonds. The van der Waals surface area contributed by atoms with Gasteiger partial charge in [-0.25, -0.2) is 4.79 Å². The molecule has 1 atom stereocenters. The van der Waals surface area contributed by atoms with Gasteiger partial charge in [-0.3, -0.25) is 0 Å². The maximum atomic E-state index is 12.1. The van der Waals surface area contributed by atoms with Crippen LogP contribution in [-0.4, -0.2) is 39.3 Å². The first-order chi connectivity index (χ1) is 9.35. The van der Waals surface area contributed by atoms with Crippen LogP contribution in [0.1, 0.15) is 51.7 Å². The summed E-state index contributed by atoms with van der Waals surface area (Å²) < 4.78 is 10.4. The van der Waals surface area contributed by atoms with Crippen LogP contribution in [-0.2, 0) is 11.2 Å². The molecule has 6 heteroatoms. The van der Waals surface area contributed by atoms with E-state index >= 15 is 0 Å². The summed E-state index contributed by atoms with van der Waals surface area (Å²) in [4.78, 5) is 18.2. The lowest BCUT2D eigenvalue weighted by Crippen LogP contribution is -2.40. The SMILES string of the molecule is Cc1nc(CC[C@@H]2CCCN2C(=O)OC(C)(C)C)no1. The standard InChI is InChI=1S/C14H23N3O3/c1-10-15-12(16-20-10)8-7-11-6-5-9-17(11)13(18)19-14(2,3)4/h11H,5-9H2,1-4H3/t11-/m0/s1. The highest BCUT2D eigenvalue weighted by molar-refractivity contribution is 5.68. The third-order valence-corrected chi connectivity index (χ3v) is 3.28. The summed E-state index contributed by atoms with van der Waals surface area (Å²) in [5.74, 6) is 1.29. The van der Waals surface area contributed by atoms with E-state index in [1.165, 1.54) is 0 Å². The Bertz CT molecular complexity index is 464. The molecule has 6 nitrogen and oxygen atoms in total. The van der Waals surface area contributed by atoms with Crippen molar-refractivity contribution in [3.63, 3.8) is 0 Å². The second kappa shape index (κ2) is 5.81. The van der Waals surface area contributed by atoms with E-state index in [0.717, 1.165) is 32.2 Å². The van der Waals surface area contributed by atoms with E-state index in [2.05, 4.69) is 10.1 Å². The molecule has 0 saturated carbocycles. The first kappa shape index (κ1) is 14.8. The van der Waals surface area contributed by atoms with Crippen molar-refractivity contribution in [1.82, 2.24) is 15.0 Å². The predicted octanol–water partition coefficient (Wildman–Crippen LogP) is 2.71. The number of hydrogen-bond acceptors (Lipinski definition) is 5. The fourth-order valence-electron chi connectivity index (χ4n) is 2.44. The van der Waals surface area contributed by atoms with Gasteiger partial charge in [0, 0.05) is 25.9 Å². The Kier molecular flexibility index (Phi) is 4.30. The van der Waals surface area contributed by atoms with Crippen LogP contribution >= 0.6 is 0 Å². The van der Waals surface area contributed by atoms with Crippen molar-refractivity contribution < 1.29 is 14.1 Å². The summed E-state index contributed by atoms with van der Waals surface area (Å²) >= 11 is 0. The van der Waals surface area contributed by atoms with Gasteiger partial charge in [0.15, 0.2) is 5.82 Å². The third-order valence-electron chi connectivity index (χ3n) is 3.28. The van der Waals surface area contributed by atoms with Crippen molar-refractivity contribution in [1.29, 1.82) is 0 Å². The van der Waals surface area contributed by atoms with Gasteiger partial charge < -0.3 is 14.2 Å². The fourth-order valence-corrected chi connectivity index (χ4v) is 2.44. The monoisotopic (exact) mass is 281 g/mol. The van der Waals surface area contributed by atoms with Crippen LogP contribution in [0.25, 0.3) is 0 Å². The van der Waals surface area contributed by atoms with Gasteiger partial charge in [-0.05, 0) is 40.0 Å². The molecule has 1 saturated heterocycles. The maximum absolute atomic E-state index is 12.1. The zero-order chi connectivity index (χ0) is 14.8. The third kappa shape index (κ3) is 3.95. The average molecular weight is 281 g/mol. The Balaban J connectivity index is 1.88. The molecule has 0 aromatic carbocycles. The molecule has 112 valence electrons. The van der Waals surface area contributed by atoms with Crippen molar-refractivity contribution in [3.05, 3.63) is 11.7 Å². The molecule has 1 fully saturated rings. The summed E-state index contributed by atoms with van der Waals surface area (Å²) in [5, 5.41) is 3.89. The Labute approximate surface area is 119 Å². The van der Waals surface area contributed by atoms with Gasteiger partial charge in [0.1, 0.15) is 5.60 Å². The Morgan fingerprint density at radius 2 is 2.25 bits per heavy atom. The van der Waals surface area contributed by atoms with Gasteiger partial charge in [0.2, 0.25) is 5.89 Å². The van der Waals surface area contributed by atoms with Gasteiger partial charge in [-0.15, -0.1) is 0 Å². The largest absolute Gasteiger partial charge is 0.444 e. The van der Waals surface area contributed by atoms with Gasteiger partial charge in [-0.1, -0.05) is 5.16 Å². The summed E-state index contributed by atoms with van der Waals surface area (Å²) in [6.07, 6.45) is 3.38. The van der Waals surface area contributed by atoms with Crippen molar-refractivity contribution in [2.24, 2.45) is 0 Å². The van der Waals surface area contributed by atoms with Crippen LogP contribution in [0.15, 0.2) is 4.52 Å². The molecule has 1 aromatic rings. The normalized spacial score (nSPS) is 19.4. The second-order valence-electron chi connectivity index (χ2n) is 6.24. The van der Waals surface area contributed by atoms with Crippen molar-refractivity contribution in [3.8, 4) is 0 Å². The number of aromatic nitrogens is 2. The highest BCUT2D eigenvalue weighted by atomic mass is 16.6. The number of hydrogen-bond donors (Lipinski definition) is 0. The van der Waals surface area contributed by atoms with Gasteiger partial charge >= 0.3 is 6.09 Å². The second-order valence-corrected chi connectivity index (χ2v) is 6.24. The van der Waals surface area contributed by atoms with Crippen LogP contribution < -0.4 is 0 Å². The molecule has 0 spiro atoms. The van der Waals surface area contributed by atoms with Crippen LogP contribution in [0.3, 0.4) is 0 Å². The fraction of sp³-hybridized carbons (Fsp3) is 0.786. The number of likely N-dealkylation sites (tertiary alicyclic amines) is 1. The Morgan fingerprint density at radius 3 is 2.85 bits per heavy atom. The van der Waals surface area contributed by atoms with Crippen LogP contribution in [0.2, 0.25) is 0 Å². The smallest absolute Gasteiger partial charge is 0.410 e.